The predicted octanol–water partition coefficient (Wildman–Crippen LogP) is 4.00. The minimum atomic E-state index is -0.281. The number of methoxy groups -OCH3 is 1. The molecule has 140 valence electrons. The molecular formula is C19H25N3O3S. The SMILES string of the molecule is CCOC(=O)Cc1csc(NN=Cc2ccc(C(C)(C)C)cc2OC)n1. The van der Waals surface area contributed by atoms with Crippen LogP contribution in [0.2, 0.25) is 0 Å². The van der Waals surface area contributed by atoms with Crippen molar-refractivity contribution in [2.75, 3.05) is 19.1 Å². The Kier molecular flexibility index (Phi) is 6.74. The lowest BCUT2D eigenvalue weighted by molar-refractivity contribution is -0.142. The number of aromatic nitrogens is 1. The number of nitrogens with zero attached hydrogens (tertiary/aromatic N) is 2. The van der Waals surface area contributed by atoms with Gasteiger partial charge in [0, 0.05) is 10.9 Å². The van der Waals surface area contributed by atoms with E-state index in [1.807, 2.05) is 17.5 Å². The van der Waals surface area contributed by atoms with E-state index in [1.54, 1.807) is 20.2 Å². The lowest BCUT2D eigenvalue weighted by atomic mass is 9.86. The van der Waals surface area contributed by atoms with Gasteiger partial charge in [-0.2, -0.15) is 5.10 Å². The quantitative estimate of drug-likeness (QED) is 0.450. The van der Waals surface area contributed by atoms with Crippen LogP contribution in [0, 0.1) is 0 Å². The summed E-state index contributed by atoms with van der Waals surface area (Å²) in [6, 6.07) is 6.09. The third-order valence-electron chi connectivity index (χ3n) is 3.65. The van der Waals surface area contributed by atoms with Crippen molar-refractivity contribution in [2.45, 2.75) is 39.5 Å². The highest BCUT2D eigenvalue weighted by molar-refractivity contribution is 7.13. The first-order chi connectivity index (χ1) is 12.3. The van der Waals surface area contributed by atoms with Gasteiger partial charge in [-0.15, -0.1) is 11.3 Å². The second kappa shape index (κ2) is 8.80. The Morgan fingerprint density at radius 1 is 1.38 bits per heavy atom. The van der Waals surface area contributed by atoms with Crippen molar-refractivity contribution in [1.29, 1.82) is 0 Å². The summed E-state index contributed by atoms with van der Waals surface area (Å²) >= 11 is 1.39. The molecule has 1 heterocycles. The minimum Gasteiger partial charge on any atom is -0.496 e. The summed E-state index contributed by atoms with van der Waals surface area (Å²) in [5.74, 6) is 0.488. The maximum atomic E-state index is 11.5. The van der Waals surface area contributed by atoms with Gasteiger partial charge < -0.3 is 9.47 Å². The topological polar surface area (TPSA) is 72.8 Å². The molecule has 0 aliphatic heterocycles. The number of benzene rings is 1. The molecule has 1 N–H and O–H groups in total. The van der Waals surface area contributed by atoms with Gasteiger partial charge >= 0.3 is 5.97 Å². The molecule has 0 saturated heterocycles. The van der Waals surface area contributed by atoms with Gasteiger partial charge in [-0.25, -0.2) is 4.98 Å². The lowest BCUT2D eigenvalue weighted by Gasteiger charge is -2.20. The molecular weight excluding hydrogens is 350 g/mol. The van der Waals surface area contributed by atoms with Gasteiger partial charge in [0.05, 0.1) is 32.0 Å². The molecule has 0 amide bonds. The van der Waals surface area contributed by atoms with Crippen LogP contribution in [0.3, 0.4) is 0 Å². The van der Waals surface area contributed by atoms with E-state index in [9.17, 15) is 4.79 Å². The van der Waals surface area contributed by atoms with E-state index in [1.165, 1.54) is 16.9 Å². The fraction of sp³-hybridized carbons (Fsp3) is 0.421. The first kappa shape index (κ1) is 19.9. The van der Waals surface area contributed by atoms with Gasteiger partial charge in [0.25, 0.3) is 0 Å². The number of carbonyl (C=O) groups excluding carboxylic acids is 1. The maximum absolute atomic E-state index is 11.5. The Bertz CT molecular complexity index is 779. The van der Waals surface area contributed by atoms with Gasteiger partial charge in [-0.05, 0) is 30.0 Å². The Labute approximate surface area is 158 Å². The second-order valence-electron chi connectivity index (χ2n) is 6.70. The molecule has 7 heteroatoms. The number of hydrazone groups is 1. The lowest BCUT2D eigenvalue weighted by Crippen LogP contribution is -2.11. The second-order valence-corrected chi connectivity index (χ2v) is 7.56. The van der Waals surface area contributed by atoms with E-state index in [4.69, 9.17) is 9.47 Å². The average Bonchev–Trinajstić information content (AvgIpc) is 3.01. The number of hydrogen-bond acceptors (Lipinski definition) is 7. The summed E-state index contributed by atoms with van der Waals surface area (Å²) in [4.78, 5) is 15.8. The molecule has 2 aromatic rings. The molecule has 6 nitrogen and oxygen atoms in total. The zero-order valence-corrected chi connectivity index (χ0v) is 16.6. The summed E-state index contributed by atoms with van der Waals surface area (Å²) in [6.45, 7) is 8.63. The fourth-order valence-corrected chi connectivity index (χ4v) is 2.90. The number of ether oxygens (including phenoxy) is 2. The van der Waals surface area contributed by atoms with Gasteiger partial charge in [-0.1, -0.05) is 26.8 Å². The van der Waals surface area contributed by atoms with Crippen LogP contribution in [0.1, 0.15) is 44.5 Å². The zero-order valence-electron chi connectivity index (χ0n) is 15.8. The smallest absolute Gasteiger partial charge is 0.311 e. The number of rotatable bonds is 7. The van der Waals surface area contributed by atoms with E-state index in [0.717, 1.165) is 11.3 Å². The summed E-state index contributed by atoms with van der Waals surface area (Å²) in [7, 11) is 1.65. The number of esters is 1. The van der Waals surface area contributed by atoms with Gasteiger partial charge in [0.2, 0.25) is 5.13 Å². The van der Waals surface area contributed by atoms with Crippen LogP contribution >= 0.6 is 11.3 Å². The third kappa shape index (κ3) is 5.56. The van der Waals surface area contributed by atoms with Crippen LogP contribution < -0.4 is 10.2 Å². The van der Waals surface area contributed by atoms with Crippen molar-refractivity contribution in [3.63, 3.8) is 0 Å². The first-order valence-electron chi connectivity index (χ1n) is 8.41. The summed E-state index contributed by atoms with van der Waals surface area (Å²) in [5, 5.41) is 6.65. The maximum Gasteiger partial charge on any atom is 0.311 e. The zero-order chi connectivity index (χ0) is 19.2. The van der Waals surface area contributed by atoms with Crippen LogP contribution in [0.15, 0.2) is 28.7 Å². The van der Waals surface area contributed by atoms with Crippen molar-refractivity contribution in [3.05, 3.63) is 40.4 Å². The highest BCUT2D eigenvalue weighted by Crippen LogP contribution is 2.27. The number of thiazole rings is 1. The van der Waals surface area contributed by atoms with Crippen molar-refractivity contribution < 1.29 is 14.3 Å². The molecule has 2 rings (SSSR count). The summed E-state index contributed by atoms with van der Waals surface area (Å²) in [5.41, 5.74) is 5.67. The monoisotopic (exact) mass is 375 g/mol. The highest BCUT2D eigenvalue weighted by atomic mass is 32.1. The molecule has 0 atom stereocenters. The number of carbonyl (C=O) groups is 1. The molecule has 0 saturated carbocycles. The fourth-order valence-electron chi connectivity index (χ4n) is 2.24. The molecule has 0 fully saturated rings. The Morgan fingerprint density at radius 3 is 2.81 bits per heavy atom. The van der Waals surface area contributed by atoms with Crippen molar-refractivity contribution in [2.24, 2.45) is 5.10 Å². The molecule has 0 radical (unpaired) electrons. The van der Waals surface area contributed by atoms with E-state index < -0.39 is 0 Å². The first-order valence-corrected chi connectivity index (χ1v) is 9.29. The van der Waals surface area contributed by atoms with Gasteiger partial charge in [-0.3, -0.25) is 10.2 Å². The number of hydrogen-bond donors (Lipinski definition) is 1. The largest absolute Gasteiger partial charge is 0.496 e. The molecule has 1 aromatic carbocycles. The van der Waals surface area contributed by atoms with Crippen LogP contribution in [-0.2, 0) is 21.4 Å². The Hall–Kier alpha value is -2.41. The van der Waals surface area contributed by atoms with Crippen molar-refractivity contribution >= 4 is 28.7 Å². The normalized spacial score (nSPS) is 11.6. The molecule has 0 spiro atoms. The van der Waals surface area contributed by atoms with Crippen LogP contribution in [0.5, 0.6) is 5.75 Å². The van der Waals surface area contributed by atoms with Crippen molar-refractivity contribution in [3.8, 4) is 5.75 Å². The Balaban J connectivity index is 2.02. The molecule has 26 heavy (non-hydrogen) atoms. The van der Waals surface area contributed by atoms with E-state index >= 15 is 0 Å². The van der Waals surface area contributed by atoms with Crippen LogP contribution in [0.25, 0.3) is 0 Å². The Morgan fingerprint density at radius 2 is 2.15 bits per heavy atom. The molecule has 1 aromatic heterocycles. The van der Waals surface area contributed by atoms with Gasteiger partial charge in [0.1, 0.15) is 5.75 Å². The van der Waals surface area contributed by atoms with Crippen LogP contribution in [-0.4, -0.2) is 30.9 Å². The number of nitrogens with one attached hydrogen (secondary N) is 1. The number of anilines is 1. The van der Waals surface area contributed by atoms with E-state index in [-0.39, 0.29) is 17.8 Å². The average molecular weight is 375 g/mol. The van der Waals surface area contributed by atoms with Crippen molar-refractivity contribution in [1.82, 2.24) is 4.98 Å². The predicted molar refractivity (Wildman–Crippen MR) is 105 cm³/mol. The molecule has 0 unspecified atom stereocenters. The van der Waals surface area contributed by atoms with Gasteiger partial charge in [0.15, 0.2) is 0 Å². The molecule has 0 aliphatic rings. The standard InChI is InChI=1S/C19H25N3O3S/c1-6-25-17(23)10-15-12-26-18(21-15)22-20-11-13-7-8-14(19(2,3)4)9-16(13)24-5/h7-9,11-12H,6,10H2,1-5H3,(H,21,22). The third-order valence-corrected chi connectivity index (χ3v) is 4.44. The highest BCUT2D eigenvalue weighted by Gasteiger charge is 2.15. The summed E-state index contributed by atoms with van der Waals surface area (Å²) in [6.07, 6.45) is 1.86. The van der Waals surface area contributed by atoms with Crippen LogP contribution in [0.4, 0.5) is 5.13 Å². The molecule has 0 aliphatic carbocycles. The minimum absolute atomic E-state index is 0.0530. The van der Waals surface area contributed by atoms with E-state index in [2.05, 4.69) is 42.3 Å². The summed E-state index contributed by atoms with van der Waals surface area (Å²) < 4.78 is 10.4. The molecule has 0 bridgehead atoms. The van der Waals surface area contributed by atoms with E-state index in [0.29, 0.717) is 17.4 Å².